The van der Waals surface area contributed by atoms with Crippen molar-refractivity contribution >= 4 is 62.3 Å². The fourth-order valence-electron chi connectivity index (χ4n) is 4.56. The Balaban J connectivity index is 1.16. The Bertz CT molecular complexity index is 1360. The molecule has 0 radical (unpaired) electrons. The smallest absolute Gasteiger partial charge is 0.415 e. The van der Waals surface area contributed by atoms with Gasteiger partial charge >= 0.3 is 6.09 Å². The molecule has 0 bridgehead atoms. The van der Waals surface area contributed by atoms with E-state index in [-0.39, 0.29) is 37.6 Å². The minimum Gasteiger partial charge on any atom is -0.489 e. The van der Waals surface area contributed by atoms with Crippen LogP contribution in [-0.2, 0) is 14.3 Å². The Labute approximate surface area is 209 Å². The minimum absolute atomic E-state index is 0.0428. The van der Waals surface area contributed by atoms with Crippen LogP contribution in [0, 0.1) is 0 Å². The highest BCUT2D eigenvalue weighted by Gasteiger charge is 2.46. The van der Waals surface area contributed by atoms with Gasteiger partial charge in [-0.2, -0.15) is 0 Å². The number of fused-ring (bicyclic) bond motifs is 4. The lowest BCUT2D eigenvalue weighted by atomic mass is 10.1. The van der Waals surface area contributed by atoms with Gasteiger partial charge in [-0.25, -0.2) is 4.79 Å². The number of hydrogen-bond acceptors (Lipinski definition) is 7. The summed E-state index contributed by atoms with van der Waals surface area (Å²) in [4.78, 5) is 41.4. The molecule has 3 aliphatic heterocycles. The van der Waals surface area contributed by atoms with Gasteiger partial charge in [0.1, 0.15) is 31.1 Å². The number of rotatable bonds is 4. The highest BCUT2D eigenvalue weighted by molar-refractivity contribution is 7.20. The van der Waals surface area contributed by atoms with Gasteiger partial charge in [-0.3, -0.25) is 14.5 Å². The number of nitrogens with zero attached hydrogens (tertiary/aromatic N) is 2. The van der Waals surface area contributed by atoms with Gasteiger partial charge in [0.2, 0.25) is 0 Å². The first-order valence-corrected chi connectivity index (χ1v) is 12.3. The van der Waals surface area contributed by atoms with E-state index in [1.54, 1.807) is 40.1 Å². The predicted octanol–water partition coefficient (Wildman–Crippen LogP) is 3.43. The first kappa shape index (κ1) is 22.1. The van der Waals surface area contributed by atoms with Crippen molar-refractivity contribution in [2.45, 2.75) is 12.1 Å². The van der Waals surface area contributed by atoms with Crippen LogP contribution in [0.15, 0.2) is 42.5 Å². The maximum Gasteiger partial charge on any atom is 0.415 e. The van der Waals surface area contributed by atoms with Crippen molar-refractivity contribution in [3.05, 3.63) is 52.4 Å². The van der Waals surface area contributed by atoms with Gasteiger partial charge in [-0.05, 0) is 41.8 Å². The number of carbonyl (C=O) groups is 3. The second-order valence-electron chi connectivity index (χ2n) is 8.42. The van der Waals surface area contributed by atoms with Crippen LogP contribution in [0.2, 0.25) is 5.02 Å². The SMILES string of the molecule is O=C(NCC1OC(=O)N2c3ccc(N4CCOCC4=O)cc3OCC12)c1cc2cc(Cl)ccc2s1. The van der Waals surface area contributed by atoms with Crippen LogP contribution in [0.25, 0.3) is 10.1 Å². The lowest BCUT2D eigenvalue weighted by Crippen LogP contribution is -2.48. The number of cyclic esters (lactones) is 1. The Hall–Kier alpha value is -3.34. The molecule has 3 aliphatic rings. The molecule has 0 spiro atoms. The molecule has 2 saturated heterocycles. The van der Waals surface area contributed by atoms with Gasteiger partial charge in [0.05, 0.1) is 23.7 Å². The normalized spacial score (nSPS) is 21.4. The molecular weight excluding hydrogens is 494 g/mol. The molecule has 11 heteroatoms. The number of carbonyl (C=O) groups excluding carboxylic acids is 3. The largest absolute Gasteiger partial charge is 0.489 e. The number of halogens is 1. The summed E-state index contributed by atoms with van der Waals surface area (Å²) in [5.41, 5.74) is 1.27. The minimum atomic E-state index is -0.566. The summed E-state index contributed by atoms with van der Waals surface area (Å²) < 4.78 is 17.7. The molecule has 2 aromatic carbocycles. The monoisotopic (exact) mass is 513 g/mol. The zero-order valence-electron chi connectivity index (χ0n) is 18.4. The third-order valence-corrected chi connectivity index (χ3v) is 7.64. The van der Waals surface area contributed by atoms with Crippen LogP contribution in [0.1, 0.15) is 9.67 Å². The second kappa shape index (κ2) is 8.71. The van der Waals surface area contributed by atoms with Gasteiger partial charge in [0.15, 0.2) is 0 Å². The number of hydrogen-bond donors (Lipinski definition) is 1. The molecule has 3 amide bonds. The summed E-state index contributed by atoms with van der Waals surface area (Å²) in [5.74, 6) is 0.139. The lowest BCUT2D eigenvalue weighted by molar-refractivity contribution is -0.125. The number of morpholine rings is 1. The summed E-state index contributed by atoms with van der Waals surface area (Å²) in [6.07, 6.45) is -1.06. The topological polar surface area (TPSA) is 97.4 Å². The van der Waals surface area contributed by atoms with Gasteiger partial charge in [0.25, 0.3) is 11.8 Å². The van der Waals surface area contributed by atoms with Crippen molar-refractivity contribution in [1.29, 1.82) is 0 Å². The van der Waals surface area contributed by atoms with E-state index in [1.165, 1.54) is 11.3 Å². The predicted molar refractivity (Wildman–Crippen MR) is 131 cm³/mol. The molecule has 180 valence electrons. The fourth-order valence-corrected chi connectivity index (χ4v) is 5.70. The zero-order valence-corrected chi connectivity index (χ0v) is 19.9. The van der Waals surface area contributed by atoms with Crippen molar-refractivity contribution < 1.29 is 28.6 Å². The third-order valence-electron chi connectivity index (χ3n) is 6.29. The summed E-state index contributed by atoms with van der Waals surface area (Å²) in [7, 11) is 0. The summed E-state index contributed by atoms with van der Waals surface area (Å²) in [5, 5.41) is 4.39. The molecular formula is C24H20ClN3O6S. The molecule has 6 rings (SSSR count). The molecule has 2 unspecified atom stereocenters. The van der Waals surface area contributed by atoms with Gasteiger partial charge in [0, 0.05) is 28.0 Å². The summed E-state index contributed by atoms with van der Waals surface area (Å²) >= 11 is 7.42. The second-order valence-corrected chi connectivity index (χ2v) is 9.94. The average Bonchev–Trinajstić information content (AvgIpc) is 3.43. The highest BCUT2D eigenvalue weighted by atomic mass is 35.5. The van der Waals surface area contributed by atoms with Crippen LogP contribution in [-0.4, -0.2) is 63.0 Å². The van der Waals surface area contributed by atoms with Crippen molar-refractivity contribution in [2.24, 2.45) is 0 Å². The Morgan fingerprint density at radius 1 is 1.17 bits per heavy atom. The Kier molecular flexibility index (Phi) is 5.51. The van der Waals surface area contributed by atoms with Crippen molar-refractivity contribution in [3.8, 4) is 5.75 Å². The molecule has 2 fully saturated rings. The number of amides is 3. The standard InChI is InChI=1S/C24H20ClN3O6S/c25-14-1-4-20-13(7-14)8-21(35-20)23(30)26-10-19-17-11-33-18-9-15(27-5-6-32-12-22(27)29)2-3-16(18)28(17)24(31)34-19/h1-4,7-9,17,19H,5-6,10-12H2,(H,26,30). The van der Waals surface area contributed by atoms with E-state index in [9.17, 15) is 14.4 Å². The van der Waals surface area contributed by atoms with E-state index in [2.05, 4.69) is 5.32 Å². The van der Waals surface area contributed by atoms with E-state index < -0.39 is 12.2 Å². The van der Waals surface area contributed by atoms with E-state index >= 15 is 0 Å². The Morgan fingerprint density at radius 3 is 2.91 bits per heavy atom. The first-order chi connectivity index (χ1) is 17.0. The summed E-state index contributed by atoms with van der Waals surface area (Å²) in [6, 6.07) is 12.2. The third kappa shape index (κ3) is 3.97. The number of anilines is 2. The van der Waals surface area contributed by atoms with Crippen LogP contribution in [0.5, 0.6) is 5.75 Å². The molecule has 9 nitrogen and oxygen atoms in total. The average molecular weight is 514 g/mol. The molecule has 1 aromatic heterocycles. The van der Waals surface area contributed by atoms with Crippen LogP contribution in [0.4, 0.5) is 16.2 Å². The molecule has 4 heterocycles. The van der Waals surface area contributed by atoms with Gasteiger partial charge in [-0.1, -0.05) is 11.6 Å². The van der Waals surface area contributed by atoms with Crippen LogP contribution < -0.4 is 19.9 Å². The maximum absolute atomic E-state index is 12.8. The van der Waals surface area contributed by atoms with Gasteiger partial charge < -0.3 is 24.4 Å². The maximum atomic E-state index is 12.8. The summed E-state index contributed by atoms with van der Waals surface area (Å²) in [6.45, 7) is 1.33. The molecule has 3 aromatic rings. The molecule has 0 saturated carbocycles. The van der Waals surface area contributed by atoms with E-state index in [4.69, 9.17) is 25.8 Å². The van der Waals surface area contributed by atoms with Gasteiger partial charge in [-0.15, -0.1) is 11.3 Å². The zero-order chi connectivity index (χ0) is 24.1. The molecule has 1 N–H and O–H groups in total. The molecule has 2 atom stereocenters. The van der Waals surface area contributed by atoms with Crippen molar-refractivity contribution in [2.75, 3.05) is 42.7 Å². The van der Waals surface area contributed by atoms with Crippen molar-refractivity contribution in [1.82, 2.24) is 5.32 Å². The first-order valence-electron chi connectivity index (χ1n) is 11.1. The number of thiophene rings is 1. The molecule has 0 aliphatic carbocycles. The van der Waals surface area contributed by atoms with Crippen LogP contribution in [0.3, 0.4) is 0 Å². The Morgan fingerprint density at radius 2 is 2.06 bits per heavy atom. The number of nitrogens with one attached hydrogen (secondary N) is 1. The van der Waals surface area contributed by atoms with Crippen LogP contribution >= 0.6 is 22.9 Å². The fraction of sp³-hybridized carbons (Fsp3) is 0.292. The van der Waals surface area contributed by atoms with E-state index in [0.29, 0.717) is 40.2 Å². The number of benzene rings is 2. The van der Waals surface area contributed by atoms with Crippen molar-refractivity contribution in [3.63, 3.8) is 0 Å². The highest BCUT2D eigenvalue weighted by Crippen LogP contribution is 2.41. The number of ether oxygens (including phenoxy) is 3. The molecule has 35 heavy (non-hydrogen) atoms. The van der Waals surface area contributed by atoms with E-state index in [1.807, 2.05) is 12.1 Å². The van der Waals surface area contributed by atoms with E-state index in [0.717, 1.165) is 10.1 Å². The lowest BCUT2D eigenvalue weighted by Gasteiger charge is -2.33. The quantitative estimate of drug-likeness (QED) is 0.574.